The quantitative estimate of drug-likeness (QED) is 0.814. The molecule has 0 radical (unpaired) electrons. The predicted octanol–water partition coefficient (Wildman–Crippen LogP) is 2.29. The van der Waals surface area contributed by atoms with E-state index < -0.39 is 0 Å². The highest BCUT2D eigenvalue weighted by Gasteiger charge is 2.20. The lowest BCUT2D eigenvalue weighted by atomic mass is 9.96. The molecule has 2 N–H and O–H groups in total. The molecule has 0 saturated heterocycles. The summed E-state index contributed by atoms with van der Waals surface area (Å²) >= 11 is 1.71. The number of nitrogens with two attached hydrogens (primary N) is 1. The average Bonchev–Trinajstić information content (AvgIpc) is 2.57. The van der Waals surface area contributed by atoms with Crippen LogP contribution in [0.5, 0.6) is 0 Å². The van der Waals surface area contributed by atoms with Gasteiger partial charge >= 0.3 is 0 Å². The van der Waals surface area contributed by atoms with E-state index in [4.69, 9.17) is 10.5 Å². The summed E-state index contributed by atoms with van der Waals surface area (Å²) in [5.41, 5.74) is 7.41. The molecule has 0 aliphatic carbocycles. The molecule has 1 aromatic heterocycles. The Hall–Kier alpha value is -0.380. The second-order valence-corrected chi connectivity index (χ2v) is 4.72. The van der Waals surface area contributed by atoms with Crippen LogP contribution in [0.4, 0.5) is 0 Å². The Bertz CT molecular complexity index is 246. The van der Waals surface area contributed by atoms with E-state index >= 15 is 0 Å². The molecule has 2 nitrogen and oxygen atoms in total. The lowest BCUT2D eigenvalue weighted by Gasteiger charge is -2.25. The molecule has 3 heteroatoms. The van der Waals surface area contributed by atoms with E-state index in [0.29, 0.717) is 5.92 Å². The standard InChI is InChI=1S/C11H19NOS/c1-8(2)11(13-3)10(12)6-9-4-5-14-7-9/h4-5,7-8,10-11H,6,12H2,1-3H3. The molecular weight excluding hydrogens is 194 g/mol. The number of methoxy groups -OCH3 is 1. The summed E-state index contributed by atoms with van der Waals surface area (Å²) < 4.78 is 5.40. The van der Waals surface area contributed by atoms with Crippen LogP contribution >= 0.6 is 11.3 Å². The maximum absolute atomic E-state index is 6.10. The van der Waals surface area contributed by atoms with Crippen LogP contribution in [0.3, 0.4) is 0 Å². The molecule has 2 unspecified atom stereocenters. The Morgan fingerprint density at radius 3 is 2.64 bits per heavy atom. The molecular formula is C11H19NOS. The van der Waals surface area contributed by atoms with Crippen molar-refractivity contribution in [2.24, 2.45) is 11.7 Å². The molecule has 0 aliphatic heterocycles. The Morgan fingerprint density at radius 1 is 1.50 bits per heavy atom. The van der Waals surface area contributed by atoms with Crippen LogP contribution in [0.15, 0.2) is 16.8 Å². The number of rotatable bonds is 5. The molecule has 0 aromatic carbocycles. The number of hydrogen-bond acceptors (Lipinski definition) is 3. The van der Waals surface area contributed by atoms with E-state index in [0.717, 1.165) is 6.42 Å². The van der Waals surface area contributed by atoms with E-state index in [-0.39, 0.29) is 12.1 Å². The smallest absolute Gasteiger partial charge is 0.0748 e. The first-order chi connectivity index (χ1) is 6.65. The van der Waals surface area contributed by atoms with Crippen molar-refractivity contribution in [3.8, 4) is 0 Å². The fourth-order valence-electron chi connectivity index (χ4n) is 1.74. The second kappa shape index (κ2) is 5.49. The van der Waals surface area contributed by atoms with Gasteiger partial charge in [-0.1, -0.05) is 13.8 Å². The van der Waals surface area contributed by atoms with Crippen molar-refractivity contribution in [2.45, 2.75) is 32.4 Å². The minimum absolute atomic E-state index is 0.0922. The summed E-state index contributed by atoms with van der Waals surface area (Å²) in [5.74, 6) is 0.466. The third-order valence-corrected chi connectivity index (χ3v) is 3.13. The van der Waals surface area contributed by atoms with Crippen molar-refractivity contribution in [3.63, 3.8) is 0 Å². The van der Waals surface area contributed by atoms with Gasteiger partial charge in [0.2, 0.25) is 0 Å². The predicted molar refractivity (Wildman–Crippen MR) is 61.6 cm³/mol. The normalized spacial score (nSPS) is 15.8. The number of hydrogen-bond donors (Lipinski definition) is 1. The Morgan fingerprint density at radius 2 is 2.21 bits per heavy atom. The Kier molecular flexibility index (Phi) is 4.58. The SMILES string of the molecule is COC(C(C)C)C(N)Cc1ccsc1. The zero-order valence-corrected chi connectivity index (χ0v) is 9.88. The van der Waals surface area contributed by atoms with Gasteiger partial charge in [-0.3, -0.25) is 0 Å². The van der Waals surface area contributed by atoms with E-state index in [1.165, 1.54) is 5.56 Å². The van der Waals surface area contributed by atoms with E-state index in [9.17, 15) is 0 Å². The summed E-state index contributed by atoms with van der Waals surface area (Å²) in [5, 5.41) is 4.23. The van der Waals surface area contributed by atoms with Gasteiger partial charge < -0.3 is 10.5 Å². The van der Waals surface area contributed by atoms with Crippen LogP contribution in [-0.2, 0) is 11.2 Å². The van der Waals surface area contributed by atoms with Crippen LogP contribution in [0.1, 0.15) is 19.4 Å². The first kappa shape index (κ1) is 11.7. The van der Waals surface area contributed by atoms with E-state index in [1.807, 2.05) is 0 Å². The van der Waals surface area contributed by atoms with Crippen molar-refractivity contribution in [1.29, 1.82) is 0 Å². The van der Waals surface area contributed by atoms with Crippen molar-refractivity contribution in [1.82, 2.24) is 0 Å². The maximum Gasteiger partial charge on any atom is 0.0748 e. The van der Waals surface area contributed by atoms with Crippen LogP contribution in [0.2, 0.25) is 0 Å². The van der Waals surface area contributed by atoms with Crippen molar-refractivity contribution < 1.29 is 4.74 Å². The van der Waals surface area contributed by atoms with Gasteiger partial charge in [-0.25, -0.2) is 0 Å². The van der Waals surface area contributed by atoms with Gasteiger partial charge in [-0.15, -0.1) is 0 Å². The van der Waals surface area contributed by atoms with Crippen molar-refractivity contribution >= 4 is 11.3 Å². The summed E-state index contributed by atoms with van der Waals surface area (Å²) in [6, 6.07) is 2.21. The Labute approximate surface area is 90.1 Å². The zero-order valence-electron chi connectivity index (χ0n) is 9.07. The molecule has 1 rings (SSSR count). The summed E-state index contributed by atoms with van der Waals surface area (Å²) in [6.45, 7) is 4.28. The molecule has 0 fully saturated rings. The monoisotopic (exact) mass is 213 g/mol. The van der Waals surface area contributed by atoms with Gasteiger partial charge in [-0.05, 0) is 34.7 Å². The molecule has 0 saturated carbocycles. The molecule has 0 amide bonds. The number of thiophene rings is 1. The van der Waals surface area contributed by atoms with Crippen LogP contribution in [0, 0.1) is 5.92 Å². The van der Waals surface area contributed by atoms with Gasteiger partial charge in [0.05, 0.1) is 6.10 Å². The largest absolute Gasteiger partial charge is 0.380 e. The van der Waals surface area contributed by atoms with Crippen LogP contribution in [0.25, 0.3) is 0 Å². The summed E-state index contributed by atoms with van der Waals surface area (Å²) in [6.07, 6.45) is 1.05. The minimum atomic E-state index is 0.0922. The maximum atomic E-state index is 6.10. The first-order valence-electron chi connectivity index (χ1n) is 4.94. The molecule has 80 valence electrons. The summed E-state index contributed by atoms with van der Waals surface area (Å²) in [4.78, 5) is 0. The molecule has 1 heterocycles. The molecule has 2 atom stereocenters. The minimum Gasteiger partial charge on any atom is -0.380 e. The van der Waals surface area contributed by atoms with Gasteiger partial charge in [-0.2, -0.15) is 11.3 Å². The molecule has 0 bridgehead atoms. The van der Waals surface area contributed by atoms with Crippen molar-refractivity contribution in [2.75, 3.05) is 7.11 Å². The van der Waals surface area contributed by atoms with Gasteiger partial charge in [0.15, 0.2) is 0 Å². The summed E-state index contributed by atoms with van der Waals surface area (Å²) in [7, 11) is 1.73. The fourth-order valence-corrected chi connectivity index (χ4v) is 2.42. The highest BCUT2D eigenvalue weighted by molar-refractivity contribution is 7.07. The number of ether oxygens (including phenoxy) is 1. The second-order valence-electron chi connectivity index (χ2n) is 3.94. The average molecular weight is 213 g/mol. The topological polar surface area (TPSA) is 35.2 Å². The van der Waals surface area contributed by atoms with E-state index in [1.54, 1.807) is 18.4 Å². The third-order valence-electron chi connectivity index (χ3n) is 2.40. The zero-order chi connectivity index (χ0) is 10.6. The van der Waals surface area contributed by atoms with Gasteiger partial charge in [0.25, 0.3) is 0 Å². The molecule has 14 heavy (non-hydrogen) atoms. The van der Waals surface area contributed by atoms with Crippen molar-refractivity contribution in [3.05, 3.63) is 22.4 Å². The highest BCUT2D eigenvalue weighted by Crippen LogP contribution is 2.14. The highest BCUT2D eigenvalue weighted by atomic mass is 32.1. The first-order valence-corrected chi connectivity index (χ1v) is 5.89. The van der Waals surface area contributed by atoms with Gasteiger partial charge in [0, 0.05) is 13.2 Å². The molecule has 0 aliphatic rings. The van der Waals surface area contributed by atoms with E-state index in [2.05, 4.69) is 30.7 Å². The molecule has 0 spiro atoms. The Balaban J connectivity index is 2.51. The lowest BCUT2D eigenvalue weighted by Crippen LogP contribution is -2.41. The lowest BCUT2D eigenvalue weighted by molar-refractivity contribution is 0.0442. The molecule has 1 aromatic rings. The van der Waals surface area contributed by atoms with Crippen LogP contribution in [-0.4, -0.2) is 19.3 Å². The third kappa shape index (κ3) is 3.08. The fraction of sp³-hybridized carbons (Fsp3) is 0.636. The van der Waals surface area contributed by atoms with Crippen LogP contribution < -0.4 is 5.73 Å². The van der Waals surface area contributed by atoms with Gasteiger partial charge in [0.1, 0.15) is 0 Å².